The number of carbonyl (C=O) groups is 2. The number of aryl methyl sites for hydroxylation is 1. The lowest BCUT2D eigenvalue weighted by atomic mass is 9.92. The van der Waals surface area contributed by atoms with Crippen molar-refractivity contribution in [3.05, 3.63) is 51.2 Å². The lowest BCUT2D eigenvalue weighted by molar-refractivity contribution is -0.385. The third kappa shape index (κ3) is 6.65. The molecule has 2 aromatic rings. The molecule has 0 aliphatic carbocycles. The zero-order valence-electron chi connectivity index (χ0n) is 21.7. The number of anilines is 1. The highest BCUT2D eigenvalue weighted by Crippen LogP contribution is 2.28. The first-order valence-electron chi connectivity index (χ1n) is 11.5. The molecule has 2 rings (SSSR count). The van der Waals surface area contributed by atoms with E-state index in [1.165, 1.54) is 11.0 Å². The Morgan fingerprint density at radius 1 is 1.15 bits per heavy atom. The molecule has 9 heteroatoms. The first kappa shape index (κ1) is 27.0. The van der Waals surface area contributed by atoms with Gasteiger partial charge in [0.2, 0.25) is 5.91 Å². The fraction of sp³-hybridized carbons (Fsp3) is 0.560. The smallest absolute Gasteiger partial charge is 0.273 e. The summed E-state index contributed by atoms with van der Waals surface area (Å²) in [4.78, 5) is 38.5. The number of hydrogen-bond donors (Lipinski definition) is 1. The van der Waals surface area contributed by atoms with Crippen LogP contribution in [0, 0.1) is 23.0 Å². The average molecular weight is 472 g/mol. The lowest BCUT2D eigenvalue weighted by Crippen LogP contribution is -2.40. The van der Waals surface area contributed by atoms with Crippen molar-refractivity contribution in [2.45, 2.75) is 73.3 Å². The van der Waals surface area contributed by atoms with Gasteiger partial charge in [0.25, 0.3) is 11.6 Å². The van der Waals surface area contributed by atoms with Crippen LogP contribution in [-0.2, 0) is 15.7 Å². The number of hydrogen-bond acceptors (Lipinski definition) is 5. The van der Waals surface area contributed by atoms with E-state index in [4.69, 9.17) is 5.10 Å². The highest BCUT2D eigenvalue weighted by Gasteiger charge is 2.27. The second kappa shape index (κ2) is 9.95. The van der Waals surface area contributed by atoms with E-state index in [1.807, 2.05) is 40.7 Å². The predicted octanol–water partition coefficient (Wildman–Crippen LogP) is 4.89. The number of nitro benzene ring substituents is 1. The molecule has 0 fully saturated rings. The molecular weight excluding hydrogens is 434 g/mol. The molecule has 1 aromatic heterocycles. The fourth-order valence-electron chi connectivity index (χ4n) is 3.49. The molecule has 1 N–H and O–H groups in total. The van der Waals surface area contributed by atoms with E-state index >= 15 is 0 Å². The maximum atomic E-state index is 13.2. The minimum Gasteiger partial charge on any atom is -0.329 e. The van der Waals surface area contributed by atoms with Crippen LogP contribution in [0.3, 0.4) is 0 Å². The van der Waals surface area contributed by atoms with Gasteiger partial charge in [0.15, 0.2) is 0 Å². The number of aromatic nitrogens is 2. The molecule has 2 amide bonds. The van der Waals surface area contributed by atoms with Gasteiger partial charge in [0.05, 0.1) is 16.2 Å². The van der Waals surface area contributed by atoms with Gasteiger partial charge in [-0.3, -0.25) is 19.7 Å². The fourth-order valence-corrected chi connectivity index (χ4v) is 3.49. The summed E-state index contributed by atoms with van der Waals surface area (Å²) in [6, 6.07) is 6.24. The Morgan fingerprint density at radius 2 is 1.76 bits per heavy atom. The highest BCUT2D eigenvalue weighted by molar-refractivity contribution is 5.99. The Kier molecular flexibility index (Phi) is 7.90. The molecule has 0 radical (unpaired) electrons. The molecule has 0 bridgehead atoms. The first-order valence-corrected chi connectivity index (χ1v) is 11.5. The maximum Gasteiger partial charge on any atom is 0.273 e. The molecule has 34 heavy (non-hydrogen) atoms. The molecule has 0 saturated carbocycles. The predicted molar refractivity (Wildman–Crippen MR) is 133 cm³/mol. The topological polar surface area (TPSA) is 110 Å². The van der Waals surface area contributed by atoms with E-state index in [1.54, 1.807) is 23.7 Å². The van der Waals surface area contributed by atoms with E-state index in [9.17, 15) is 19.7 Å². The van der Waals surface area contributed by atoms with Crippen molar-refractivity contribution in [2.75, 3.05) is 18.4 Å². The summed E-state index contributed by atoms with van der Waals surface area (Å²) < 4.78 is 1.78. The van der Waals surface area contributed by atoms with Crippen LogP contribution in [0.1, 0.15) is 77.0 Å². The molecular formula is C25H37N5O4. The van der Waals surface area contributed by atoms with E-state index in [0.29, 0.717) is 17.9 Å². The number of amides is 2. The van der Waals surface area contributed by atoms with E-state index in [-0.39, 0.29) is 40.6 Å². The van der Waals surface area contributed by atoms with Crippen molar-refractivity contribution in [2.24, 2.45) is 5.92 Å². The zero-order valence-corrected chi connectivity index (χ0v) is 21.7. The summed E-state index contributed by atoms with van der Waals surface area (Å²) >= 11 is 0. The van der Waals surface area contributed by atoms with Crippen LogP contribution in [0.15, 0.2) is 24.3 Å². The van der Waals surface area contributed by atoms with Gasteiger partial charge in [0.1, 0.15) is 12.4 Å². The molecule has 1 heterocycles. The number of nitrogens with zero attached hydrogens (tertiary/aromatic N) is 4. The van der Waals surface area contributed by atoms with Crippen molar-refractivity contribution >= 4 is 23.3 Å². The minimum absolute atomic E-state index is 0.102. The molecule has 1 aromatic carbocycles. The minimum atomic E-state index is -0.508. The van der Waals surface area contributed by atoms with Crippen molar-refractivity contribution < 1.29 is 14.5 Å². The van der Waals surface area contributed by atoms with Crippen molar-refractivity contribution in [3.63, 3.8) is 0 Å². The summed E-state index contributed by atoms with van der Waals surface area (Å²) in [5, 5.41) is 18.9. The average Bonchev–Trinajstić information content (AvgIpc) is 3.11. The summed E-state index contributed by atoms with van der Waals surface area (Å²) in [6.45, 7) is 17.8. The van der Waals surface area contributed by atoms with Gasteiger partial charge in [-0.1, -0.05) is 40.7 Å². The lowest BCUT2D eigenvalue weighted by Gasteiger charge is -2.25. The number of carbonyl (C=O) groups excluding carboxylic acids is 2. The Bertz CT molecular complexity index is 1070. The third-order valence-corrected chi connectivity index (χ3v) is 5.24. The van der Waals surface area contributed by atoms with Gasteiger partial charge in [-0.15, -0.1) is 0 Å². The van der Waals surface area contributed by atoms with Crippen molar-refractivity contribution in [1.29, 1.82) is 0 Å². The SMILES string of the molecule is Cc1ccc(C(=O)N(CC(=O)Nc2cc(C(C)(C)C)nn2C(C)(C)C)CC(C)C)cc1[N+](=O)[O-]. The van der Waals surface area contributed by atoms with Crippen LogP contribution in [0.5, 0.6) is 0 Å². The molecule has 0 unspecified atom stereocenters. The molecule has 0 saturated heterocycles. The van der Waals surface area contributed by atoms with E-state index in [2.05, 4.69) is 26.1 Å². The third-order valence-electron chi connectivity index (χ3n) is 5.24. The van der Waals surface area contributed by atoms with Gasteiger partial charge in [0, 0.05) is 35.2 Å². The number of rotatable bonds is 7. The van der Waals surface area contributed by atoms with Crippen molar-refractivity contribution in [3.8, 4) is 0 Å². The Hall–Kier alpha value is -3.23. The molecule has 0 aliphatic heterocycles. The quantitative estimate of drug-likeness (QED) is 0.457. The van der Waals surface area contributed by atoms with Crippen molar-refractivity contribution in [1.82, 2.24) is 14.7 Å². The van der Waals surface area contributed by atoms with Crippen LogP contribution in [0.25, 0.3) is 0 Å². The molecule has 9 nitrogen and oxygen atoms in total. The van der Waals surface area contributed by atoms with Crippen LogP contribution in [-0.4, -0.2) is 44.5 Å². The second-order valence-corrected chi connectivity index (χ2v) is 11.1. The van der Waals surface area contributed by atoms with E-state index < -0.39 is 10.8 Å². The summed E-state index contributed by atoms with van der Waals surface area (Å²) in [6.07, 6.45) is 0. The Morgan fingerprint density at radius 3 is 2.26 bits per heavy atom. The summed E-state index contributed by atoms with van der Waals surface area (Å²) in [5.41, 5.74) is 0.819. The van der Waals surface area contributed by atoms with Crippen LogP contribution in [0.2, 0.25) is 0 Å². The number of nitrogens with one attached hydrogen (secondary N) is 1. The normalized spacial score (nSPS) is 12.1. The largest absolute Gasteiger partial charge is 0.329 e. The zero-order chi connectivity index (χ0) is 26.0. The molecule has 186 valence electrons. The first-order chi connectivity index (χ1) is 15.5. The van der Waals surface area contributed by atoms with Gasteiger partial charge >= 0.3 is 0 Å². The number of nitro groups is 1. The standard InChI is InChI=1S/C25H37N5O4/c1-16(2)14-28(23(32)18-11-10-17(3)19(12-18)30(33)34)15-22(31)26-21-13-20(24(4,5)6)27-29(21)25(7,8)9/h10-13,16H,14-15H2,1-9H3,(H,26,31). The number of benzene rings is 1. The van der Waals surface area contributed by atoms with Crippen LogP contribution >= 0.6 is 0 Å². The summed E-state index contributed by atoms with van der Waals surface area (Å²) in [7, 11) is 0. The van der Waals surface area contributed by atoms with Crippen LogP contribution in [0.4, 0.5) is 11.5 Å². The molecule has 0 aliphatic rings. The Balaban J connectivity index is 2.32. The molecule has 0 spiro atoms. The van der Waals surface area contributed by atoms with Gasteiger partial charge < -0.3 is 10.2 Å². The highest BCUT2D eigenvalue weighted by atomic mass is 16.6. The summed E-state index contributed by atoms with van der Waals surface area (Å²) in [5.74, 6) is -0.122. The van der Waals surface area contributed by atoms with E-state index in [0.717, 1.165) is 5.69 Å². The second-order valence-electron chi connectivity index (χ2n) is 11.1. The monoisotopic (exact) mass is 471 g/mol. The maximum absolute atomic E-state index is 13.2. The van der Waals surface area contributed by atoms with Crippen LogP contribution < -0.4 is 5.32 Å². The van der Waals surface area contributed by atoms with Gasteiger partial charge in [-0.05, 0) is 39.7 Å². The van der Waals surface area contributed by atoms with Gasteiger partial charge in [-0.25, -0.2) is 4.68 Å². The molecule has 0 atom stereocenters. The Labute approximate surface area is 201 Å². The van der Waals surface area contributed by atoms with Gasteiger partial charge in [-0.2, -0.15) is 5.10 Å².